The quantitative estimate of drug-likeness (QED) is 0.790. The first kappa shape index (κ1) is 16.3. The van der Waals surface area contributed by atoms with E-state index in [9.17, 15) is 9.90 Å². The van der Waals surface area contributed by atoms with E-state index in [2.05, 4.69) is 21.2 Å². The first-order chi connectivity index (χ1) is 10.2. The van der Waals surface area contributed by atoms with Crippen molar-refractivity contribution >= 4 is 21.8 Å². The van der Waals surface area contributed by atoms with Crippen molar-refractivity contribution < 1.29 is 14.6 Å². The Morgan fingerprint density at radius 2 is 2.19 bits per heavy atom. The summed E-state index contributed by atoms with van der Waals surface area (Å²) in [5, 5.41) is 12.2. The molecule has 1 fully saturated rings. The van der Waals surface area contributed by atoms with Crippen LogP contribution in [0.5, 0.6) is 5.75 Å². The maximum atomic E-state index is 11.8. The molecule has 1 aromatic rings. The van der Waals surface area contributed by atoms with Gasteiger partial charge in [0.2, 0.25) is 5.91 Å². The first-order valence-electron chi connectivity index (χ1n) is 7.45. The number of hydrogen-bond donors (Lipinski definition) is 2. The Morgan fingerprint density at radius 1 is 1.38 bits per heavy atom. The highest BCUT2D eigenvalue weighted by Crippen LogP contribution is 2.30. The van der Waals surface area contributed by atoms with E-state index in [1.54, 1.807) is 0 Å². The molecule has 0 aromatic heterocycles. The number of aliphatic hydroxyl groups is 1. The predicted octanol–water partition coefficient (Wildman–Crippen LogP) is 2.74. The van der Waals surface area contributed by atoms with Crippen LogP contribution in [-0.2, 0) is 4.79 Å². The Labute approximate surface area is 134 Å². The lowest BCUT2D eigenvalue weighted by Gasteiger charge is -2.17. The minimum Gasteiger partial charge on any atom is -0.493 e. The summed E-state index contributed by atoms with van der Waals surface area (Å²) in [5.41, 5.74) is 0. The summed E-state index contributed by atoms with van der Waals surface area (Å²) in [6.45, 7) is 1.27. The zero-order valence-electron chi connectivity index (χ0n) is 12.1. The van der Waals surface area contributed by atoms with Gasteiger partial charge in [-0.3, -0.25) is 4.79 Å². The number of halogens is 1. The summed E-state index contributed by atoms with van der Waals surface area (Å²) >= 11 is 3.38. The van der Waals surface area contributed by atoms with Crippen molar-refractivity contribution in [1.29, 1.82) is 0 Å². The summed E-state index contributed by atoms with van der Waals surface area (Å²) in [4.78, 5) is 11.8. The number of carbonyl (C=O) groups excluding carboxylic acids is 1. The third-order valence-corrected chi connectivity index (χ3v) is 4.50. The monoisotopic (exact) mass is 355 g/mol. The zero-order chi connectivity index (χ0) is 15.1. The fraction of sp³-hybridized carbons (Fsp3) is 0.562. The van der Waals surface area contributed by atoms with Crippen molar-refractivity contribution in [1.82, 2.24) is 5.32 Å². The fourth-order valence-corrected chi connectivity index (χ4v) is 3.15. The number of carbonyl (C=O) groups is 1. The Kier molecular flexibility index (Phi) is 6.51. The number of benzene rings is 1. The molecule has 0 bridgehead atoms. The highest BCUT2D eigenvalue weighted by molar-refractivity contribution is 9.10. The molecule has 1 aliphatic rings. The molecular formula is C16H22BrNO3. The van der Waals surface area contributed by atoms with Gasteiger partial charge >= 0.3 is 0 Å². The van der Waals surface area contributed by atoms with E-state index in [-0.39, 0.29) is 12.5 Å². The number of rotatable bonds is 7. The largest absolute Gasteiger partial charge is 0.493 e. The first-order valence-corrected chi connectivity index (χ1v) is 8.24. The van der Waals surface area contributed by atoms with Gasteiger partial charge < -0.3 is 15.2 Å². The highest BCUT2D eigenvalue weighted by atomic mass is 79.9. The SMILES string of the molecule is O=C(CCOc1cccc(Br)c1)NCC1CCCC1CO. The highest BCUT2D eigenvalue weighted by Gasteiger charge is 2.26. The van der Waals surface area contributed by atoms with Crippen LogP contribution in [0.2, 0.25) is 0 Å². The Bertz CT molecular complexity index is 467. The van der Waals surface area contributed by atoms with Crippen LogP contribution in [0.1, 0.15) is 25.7 Å². The van der Waals surface area contributed by atoms with Crippen LogP contribution >= 0.6 is 15.9 Å². The molecule has 2 unspecified atom stereocenters. The minimum absolute atomic E-state index is 0.00795. The van der Waals surface area contributed by atoms with E-state index < -0.39 is 0 Å². The van der Waals surface area contributed by atoms with Crippen molar-refractivity contribution in [2.45, 2.75) is 25.7 Å². The summed E-state index contributed by atoms with van der Waals surface area (Å²) in [7, 11) is 0. The molecule has 21 heavy (non-hydrogen) atoms. The lowest BCUT2D eigenvalue weighted by atomic mass is 9.97. The van der Waals surface area contributed by atoms with E-state index in [0.717, 1.165) is 29.5 Å². The molecular weight excluding hydrogens is 334 g/mol. The number of nitrogens with one attached hydrogen (secondary N) is 1. The molecule has 0 radical (unpaired) electrons. The van der Waals surface area contributed by atoms with Gasteiger partial charge in [-0.2, -0.15) is 0 Å². The molecule has 2 rings (SSSR count). The molecule has 0 heterocycles. The molecule has 1 amide bonds. The third-order valence-electron chi connectivity index (χ3n) is 4.01. The van der Waals surface area contributed by atoms with Crippen molar-refractivity contribution in [2.75, 3.05) is 19.8 Å². The topological polar surface area (TPSA) is 58.6 Å². The molecule has 116 valence electrons. The number of hydrogen-bond acceptors (Lipinski definition) is 3. The van der Waals surface area contributed by atoms with Gasteiger partial charge in [0.25, 0.3) is 0 Å². The van der Waals surface area contributed by atoms with Crippen LogP contribution in [0.4, 0.5) is 0 Å². The standard InChI is InChI=1S/C16H22BrNO3/c17-14-5-2-6-15(9-14)21-8-7-16(20)18-10-12-3-1-4-13(12)11-19/h2,5-6,9,12-13,19H,1,3-4,7-8,10-11H2,(H,18,20). The normalized spacial score (nSPS) is 21.2. The summed E-state index contributed by atoms with van der Waals surface area (Å²) in [5.74, 6) is 1.54. The van der Waals surface area contributed by atoms with Crippen molar-refractivity contribution in [3.63, 3.8) is 0 Å². The predicted molar refractivity (Wildman–Crippen MR) is 85.2 cm³/mol. The Hall–Kier alpha value is -1.07. The second-order valence-corrected chi connectivity index (χ2v) is 6.41. The maximum absolute atomic E-state index is 11.8. The summed E-state index contributed by atoms with van der Waals surface area (Å²) < 4.78 is 6.50. The molecule has 2 atom stereocenters. The fourth-order valence-electron chi connectivity index (χ4n) is 2.77. The summed E-state index contributed by atoms with van der Waals surface area (Å²) in [6.07, 6.45) is 3.67. The van der Waals surface area contributed by atoms with Crippen LogP contribution in [0.15, 0.2) is 28.7 Å². The van der Waals surface area contributed by atoms with Crippen LogP contribution in [0.3, 0.4) is 0 Å². The van der Waals surface area contributed by atoms with Gasteiger partial charge in [0.15, 0.2) is 0 Å². The average molecular weight is 356 g/mol. The second kappa shape index (κ2) is 8.39. The van der Waals surface area contributed by atoms with Crippen LogP contribution in [0.25, 0.3) is 0 Å². The smallest absolute Gasteiger partial charge is 0.223 e. The molecule has 1 aliphatic carbocycles. The van der Waals surface area contributed by atoms with E-state index >= 15 is 0 Å². The second-order valence-electron chi connectivity index (χ2n) is 5.49. The molecule has 0 saturated heterocycles. The Morgan fingerprint density at radius 3 is 2.95 bits per heavy atom. The van der Waals surface area contributed by atoms with Crippen molar-refractivity contribution in [3.8, 4) is 5.75 Å². The van der Waals surface area contributed by atoms with E-state index in [0.29, 0.717) is 31.4 Å². The lowest BCUT2D eigenvalue weighted by Crippen LogP contribution is -2.32. The average Bonchev–Trinajstić information content (AvgIpc) is 2.92. The van der Waals surface area contributed by atoms with Gasteiger partial charge in [0.1, 0.15) is 5.75 Å². The molecule has 1 saturated carbocycles. The van der Waals surface area contributed by atoms with E-state index in [4.69, 9.17) is 4.74 Å². The molecule has 0 spiro atoms. The number of amides is 1. The van der Waals surface area contributed by atoms with Gasteiger partial charge in [0, 0.05) is 17.6 Å². The van der Waals surface area contributed by atoms with Gasteiger partial charge in [0.05, 0.1) is 13.0 Å². The van der Waals surface area contributed by atoms with Gasteiger partial charge in [-0.15, -0.1) is 0 Å². The molecule has 1 aromatic carbocycles. The minimum atomic E-state index is 0.00795. The number of ether oxygens (including phenoxy) is 1. The molecule has 2 N–H and O–H groups in total. The van der Waals surface area contributed by atoms with Gasteiger partial charge in [-0.25, -0.2) is 0 Å². The van der Waals surface area contributed by atoms with Crippen molar-refractivity contribution in [2.24, 2.45) is 11.8 Å². The Balaban J connectivity index is 1.63. The zero-order valence-corrected chi connectivity index (χ0v) is 13.6. The molecule has 4 nitrogen and oxygen atoms in total. The van der Waals surface area contributed by atoms with E-state index in [1.807, 2.05) is 24.3 Å². The van der Waals surface area contributed by atoms with Crippen LogP contribution in [-0.4, -0.2) is 30.8 Å². The third kappa shape index (κ3) is 5.32. The number of aliphatic hydroxyl groups excluding tert-OH is 1. The van der Waals surface area contributed by atoms with Gasteiger partial charge in [-0.1, -0.05) is 28.4 Å². The molecule has 5 heteroatoms. The van der Waals surface area contributed by atoms with Gasteiger partial charge in [-0.05, 0) is 42.9 Å². The van der Waals surface area contributed by atoms with E-state index in [1.165, 1.54) is 0 Å². The van der Waals surface area contributed by atoms with Crippen LogP contribution in [0, 0.1) is 11.8 Å². The molecule has 0 aliphatic heterocycles. The lowest BCUT2D eigenvalue weighted by molar-refractivity contribution is -0.121. The summed E-state index contributed by atoms with van der Waals surface area (Å²) in [6, 6.07) is 7.57. The van der Waals surface area contributed by atoms with Crippen LogP contribution < -0.4 is 10.1 Å². The van der Waals surface area contributed by atoms with Crippen molar-refractivity contribution in [3.05, 3.63) is 28.7 Å². The maximum Gasteiger partial charge on any atom is 0.223 e.